The Balaban J connectivity index is 1.63. The Kier molecular flexibility index (Phi) is 3.53. The minimum absolute atomic E-state index is 0.0389. The summed E-state index contributed by atoms with van der Waals surface area (Å²) in [6.07, 6.45) is 2.12. The molecule has 2 aromatic carbocycles. The molecule has 0 bridgehead atoms. The zero-order valence-corrected chi connectivity index (χ0v) is 13.7. The lowest BCUT2D eigenvalue weighted by molar-refractivity contribution is -0.125. The van der Waals surface area contributed by atoms with Crippen LogP contribution in [0, 0.1) is 0 Å². The van der Waals surface area contributed by atoms with Crippen LogP contribution < -0.4 is 9.64 Å². The van der Waals surface area contributed by atoms with Crippen molar-refractivity contribution in [3.63, 3.8) is 0 Å². The second kappa shape index (κ2) is 5.57. The first kappa shape index (κ1) is 14.6. The highest BCUT2D eigenvalue weighted by Gasteiger charge is 2.37. The van der Waals surface area contributed by atoms with E-state index < -0.39 is 6.10 Å². The van der Waals surface area contributed by atoms with Crippen LogP contribution in [0.25, 0.3) is 0 Å². The molecular weight excluding hydrogens is 310 g/mol. The predicted molar refractivity (Wildman–Crippen MR) is 91.3 cm³/mol. The number of rotatable bonds is 1. The van der Waals surface area contributed by atoms with Gasteiger partial charge in [-0.15, -0.1) is 0 Å². The third-order valence-electron chi connectivity index (χ3n) is 4.73. The number of nitrogens with zero attached hydrogens (tertiary/aromatic N) is 1. The fourth-order valence-corrected chi connectivity index (χ4v) is 3.73. The number of benzene rings is 2. The fourth-order valence-electron chi connectivity index (χ4n) is 3.53. The van der Waals surface area contributed by atoms with Gasteiger partial charge < -0.3 is 9.64 Å². The molecular formula is C19H18ClNO2. The summed E-state index contributed by atoms with van der Waals surface area (Å²) < 4.78 is 5.89. The second-order valence-electron chi connectivity index (χ2n) is 6.29. The van der Waals surface area contributed by atoms with Crippen LogP contribution in [0.2, 0.25) is 5.02 Å². The lowest BCUT2D eigenvalue weighted by Crippen LogP contribution is -2.48. The van der Waals surface area contributed by atoms with Crippen LogP contribution in [-0.4, -0.2) is 18.1 Å². The molecule has 23 heavy (non-hydrogen) atoms. The van der Waals surface area contributed by atoms with Crippen LogP contribution in [0.3, 0.4) is 0 Å². The van der Waals surface area contributed by atoms with Gasteiger partial charge in [-0.2, -0.15) is 0 Å². The van der Waals surface area contributed by atoms with Crippen LogP contribution >= 0.6 is 11.6 Å². The molecule has 2 atom stereocenters. The standard InChI is InChI=1S/C19H18ClNO2/c1-12-6-7-13-4-2-3-5-16(13)21(12)19(22)18-11-14-10-15(20)8-9-17(14)23-18/h2-5,8-10,12,18H,6-7,11H2,1H3/t12-,18-/m1/s1. The van der Waals surface area contributed by atoms with Crippen molar-refractivity contribution in [3.05, 3.63) is 58.6 Å². The van der Waals surface area contributed by atoms with Gasteiger partial charge in [0.15, 0.2) is 6.10 Å². The van der Waals surface area contributed by atoms with Crippen molar-refractivity contribution in [2.45, 2.75) is 38.3 Å². The highest BCUT2D eigenvalue weighted by molar-refractivity contribution is 6.30. The lowest BCUT2D eigenvalue weighted by atomic mass is 9.95. The Morgan fingerprint density at radius 1 is 1.22 bits per heavy atom. The first-order chi connectivity index (χ1) is 11.1. The molecule has 3 nitrogen and oxygen atoms in total. The SMILES string of the molecule is C[C@@H]1CCc2ccccc2N1C(=O)[C@H]1Cc2cc(Cl)ccc2O1. The third-order valence-corrected chi connectivity index (χ3v) is 4.97. The summed E-state index contributed by atoms with van der Waals surface area (Å²) in [5, 5.41) is 0.678. The Morgan fingerprint density at radius 2 is 2.04 bits per heavy atom. The number of fused-ring (bicyclic) bond motifs is 2. The normalized spacial score (nSPS) is 22.3. The predicted octanol–water partition coefficient (Wildman–Crippen LogP) is 4.01. The van der Waals surface area contributed by atoms with Gasteiger partial charge >= 0.3 is 0 Å². The fraction of sp³-hybridized carbons (Fsp3) is 0.316. The maximum Gasteiger partial charge on any atom is 0.268 e. The molecule has 0 spiro atoms. The van der Waals surface area contributed by atoms with Crippen LogP contribution in [-0.2, 0) is 17.6 Å². The summed E-state index contributed by atoms with van der Waals surface area (Å²) in [6, 6.07) is 13.9. The molecule has 0 unspecified atom stereocenters. The Morgan fingerprint density at radius 3 is 2.91 bits per heavy atom. The second-order valence-corrected chi connectivity index (χ2v) is 6.72. The van der Waals surface area contributed by atoms with Gasteiger partial charge in [0.25, 0.3) is 5.91 Å². The van der Waals surface area contributed by atoms with Gasteiger partial charge in [0.05, 0.1) is 0 Å². The quantitative estimate of drug-likeness (QED) is 0.792. The van der Waals surface area contributed by atoms with Gasteiger partial charge in [-0.1, -0.05) is 29.8 Å². The first-order valence-electron chi connectivity index (χ1n) is 7.99. The topological polar surface area (TPSA) is 29.5 Å². The van der Waals surface area contributed by atoms with Crippen molar-refractivity contribution in [2.24, 2.45) is 0 Å². The van der Waals surface area contributed by atoms with E-state index in [1.165, 1.54) is 5.56 Å². The van der Waals surface area contributed by atoms with Gasteiger partial charge in [0.1, 0.15) is 5.75 Å². The summed E-state index contributed by atoms with van der Waals surface area (Å²) >= 11 is 6.04. The minimum Gasteiger partial charge on any atom is -0.480 e. The molecule has 0 saturated heterocycles. The average molecular weight is 328 g/mol. The number of ether oxygens (including phenoxy) is 1. The van der Waals surface area contributed by atoms with Crippen molar-refractivity contribution in [2.75, 3.05) is 4.90 Å². The number of anilines is 1. The monoisotopic (exact) mass is 327 g/mol. The first-order valence-corrected chi connectivity index (χ1v) is 8.37. The number of aryl methyl sites for hydroxylation is 1. The Labute approximate surface area is 140 Å². The van der Waals surface area contributed by atoms with Gasteiger partial charge in [0, 0.05) is 23.2 Å². The summed E-state index contributed by atoms with van der Waals surface area (Å²) in [4.78, 5) is 15.0. The van der Waals surface area contributed by atoms with Crippen LogP contribution in [0.15, 0.2) is 42.5 Å². The third kappa shape index (κ3) is 2.49. The van der Waals surface area contributed by atoms with Crippen molar-refractivity contribution >= 4 is 23.2 Å². The molecule has 2 heterocycles. The van der Waals surface area contributed by atoms with E-state index in [0.29, 0.717) is 11.4 Å². The number of hydrogen-bond acceptors (Lipinski definition) is 2. The van der Waals surface area contributed by atoms with Crippen LogP contribution in [0.1, 0.15) is 24.5 Å². The zero-order valence-electron chi connectivity index (χ0n) is 13.0. The molecule has 1 amide bonds. The summed E-state index contributed by atoms with van der Waals surface area (Å²) in [6.45, 7) is 2.10. The van der Waals surface area contributed by atoms with Gasteiger partial charge in [-0.05, 0) is 55.2 Å². The highest BCUT2D eigenvalue weighted by atomic mass is 35.5. The highest BCUT2D eigenvalue weighted by Crippen LogP contribution is 2.35. The van der Waals surface area contributed by atoms with E-state index in [-0.39, 0.29) is 11.9 Å². The molecule has 0 aromatic heterocycles. The lowest BCUT2D eigenvalue weighted by Gasteiger charge is -2.36. The van der Waals surface area contributed by atoms with E-state index >= 15 is 0 Å². The summed E-state index contributed by atoms with van der Waals surface area (Å²) in [5.74, 6) is 0.808. The van der Waals surface area contributed by atoms with E-state index in [1.807, 2.05) is 35.2 Å². The maximum atomic E-state index is 13.1. The number of amides is 1. The molecule has 0 N–H and O–H groups in total. The minimum atomic E-state index is -0.461. The van der Waals surface area contributed by atoms with E-state index in [2.05, 4.69) is 13.0 Å². The van der Waals surface area contributed by atoms with E-state index in [9.17, 15) is 4.79 Å². The molecule has 2 aliphatic heterocycles. The average Bonchev–Trinajstić information content (AvgIpc) is 2.97. The smallest absolute Gasteiger partial charge is 0.268 e. The number of para-hydroxylation sites is 1. The molecule has 0 aliphatic carbocycles. The van der Waals surface area contributed by atoms with E-state index in [0.717, 1.165) is 29.8 Å². The Bertz CT molecular complexity index is 774. The molecule has 0 radical (unpaired) electrons. The molecule has 4 rings (SSSR count). The maximum absolute atomic E-state index is 13.1. The number of halogens is 1. The molecule has 0 fully saturated rings. The number of carbonyl (C=O) groups excluding carboxylic acids is 1. The van der Waals surface area contributed by atoms with Crippen molar-refractivity contribution < 1.29 is 9.53 Å². The van der Waals surface area contributed by atoms with Crippen molar-refractivity contribution in [1.82, 2.24) is 0 Å². The van der Waals surface area contributed by atoms with Gasteiger partial charge in [-0.25, -0.2) is 0 Å². The molecule has 118 valence electrons. The number of hydrogen-bond donors (Lipinski definition) is 0. The number of carbonyl (C=O) groups is 1. The van der Waals surface area contributed by atoms with Gasteiger partial charge in [0.2, 0.25) is 0 Å². The van der Waals surface area contributed by atoms with Crippen molar-refractivity contribution in [3.8, 4) is 5.75 Å². The zero-order chi connectivity index (χ0) is 16.0. The largest absolute Gasteiger partial charge is 0.480 e. The molecule has 2 aromatic rings. The van der Waals surface area contributed by atoms with Crippen LogP contribution in [0.5, 0.6) is 5.75 Å². The summed E-state index contributed by atoms with van der Waals surface area (Å²) in [7, 11) is 0. The van der Waals surface area contributed by atoms with E-state index in [1.54, 1.807) is 6.07 Å². The summed E-state index contributed by atoms with van der Waals surface area (Å²) in [5.41, 5.74) is 3.26. The van der Waals surface area contributed by atoms with Crippen LogP contribution in [0.4, 0.5) is 5.69 Å². The van der Waals surface area contributed by atoms with Gasteiger partial charge in [-0.3, -0.25) is 4.79 Å². The van der Waals surface area contributed by atoms with E-state index in [4.69, 9.17) is 16.3 Å². The van der Waals surface area contributed by atoms with Crippen molar-refractivity contribution in [1.29, 1.82) is 0 Å². The molecule has 4 heteroatoms. The molecule has 0 saturated carbocycles. The molecule has 2 aliphatic rings. The Hall–Kier alpha value is -2.00.